The summed E-state index contributed by atoms with van der Waals surface area (Å²) in [6.07, 6.45) is 1.55. The van der Waals surface area contributed by atoms with E-state index in [1.807, 2.05) is 17.9 Å². The molecular weight excluding hydrogens is 296 g/mol. The van der Waals surface area contributed by atoms with Gasteiger partial charge in [0, 0.05) is 25.1 Å². The van der Waals surface area contributed by atoms with Gasteiger partial charge in [-0.15, -0.1) is 0 Å². The van der Waals surface area contributed by atoms with Crippen LogP contribution in [0.1, 0.15) is 42.9 Å². The van der Waals surface area contributed by atoms with Crippen molar-refractivity contribution in [3.63, 3.8) is 0 Å². The number of benzene rings is 1. The van der Waals surface area contributed by atoms with Crippen LogP contribution in [0.5, 0.6) is 5.75 Å². The van der Waals surface area contributed by atoms with Crippen LogP contribution in [0.2, 0.25) is 0 Å². The first-order valence-electron chi connectivity index (χ1n) is 7.80. The van der Waals surface area contributed by atoms with Gasteiger partial charge in [-0.2, -0.15) is 5.16 Å². The Morgan fingerprint density at radius 1 is 1.35 bits per heavy atom. The zero-order chi connectivity index (χ0) is 16.4. The molecule has 2 N–H and O–H groups in total. The minimum atomic E-state index is -0.288. The van der Waals surface area contributed by atoms with E-state index in [1.165, 1.54) is 6.07 Å². The van der Waals surface area contributed by atoms with Crippen LogP contribution < -0.4 is 5.56 Å². The molecule has 0 aliphatic carbocycles. The highest BCUT2D eigenvalue weighted by atomic mass is 16.5. The molecule has 0 bridgehead atoms. The van der Waals surface area contributed by atoms with Crippen molar-refractivity contribution in [1.29, 1.82) is 0 Å². The van der Waals surface area contributed by atoms with Gasteiger partial charge in [0.1, 0.15) is 11.5 Å². The maximum atomic E-state index is 12.6. The Balaban J connectivity index is 1.63. The second kappa shape index (κ2) is 6.32. The van der Waals surface area contributed by atoms with Gasteiger partial charge in [-0.1, -0.05) is 12.1 Å². The predicted molar refractivity (Wildman–Crippen MR) is 84.4 cm³/mol. The van der Waals surface area contributed by atoms with E-state index in [0.29, 0.717) is 18.8 Å². The lowest BCUT2D eigenvalue weighted by Crippen LogP contribution is -2.40. The topological polar surface area (TPSA) is 86.5 Å². The molecule has 1 aromatic carbocycles. The minimum absolute atomic E-state index is 0.0598. The third kappa shape index (κ3) is 3.31. The van der Waals surface area contributed by atoms with Crippen LogP contribution in [0.4, 0.5) is 0 Å². The summed E-state index contributed by atoms with van der Waals surface area (Å²) >= 11 is 0. The molecule has 1 amide bonds. The summed E-state index contributed by atoms with van der Waals surface area (Å²) in [7, 11) is 0. The number of phenols is 1. The van der Waals surface area contributed by atoms with Crippen LogP contribution in [0.25, 0.3) is 0 Å². The van der Waals surface area contributed by atoms with Crippen molar-refractivity contribution in [1.82, 2.24) is 10.1 Å². The lowest BCUT2D eigenvalue weighted by molar-refractivity contribution is -0.133. The minimum Gasteiger partial charge on any atom is -0.508 e. The van der Waals surface area contributed by atoms with Crippen LogP contribution in [-0.2, 0) is 4.79 Å². The standard InChI is InChI=1S/C17H20N2O4/c1-11(13-3-2-4-14(20)9-13)17(22)19-7-5-12(6-8-19)15-10-16(21)18-23-15/h2-4,9-12,20H,5-8H2,1H3,(H,18,21). The number of nitrogens with zero attached hydrogens (tertiary/aromatic N) is 1. The van der Waals surface area contributed by atoms with Gasteiger partial charge in [0.2, 0.25) is 5.91 Å². The van der Waals surface area contributed by atoms with E-state index in [0.717, 1.165) is 18.4 Å². The van der Waals surface area contributed by atoms with Crippen molar-refractivity contribution in [2.45, 2.75) is 31.6 Å². The number of hydrogen-bond donors (Lipinski definition) is 2. The van der Waals surface area contributed by atoms with Gasteiger partial charge in [-0.25, -0.2) is 0 Å². The molecule has 1 atom stereocenters. The smallest absolute Gasteiger partial charge is 0.280 e. The average Bonchev–Trinajstić information content (AvgIpc) is 3.00. The molecule has 1 saturated heterocycles. The molecule has 1 fully saturated rings. The van der Waals surface area contributed by atoms with Crippen LogP contribution >= 0.6 is 0 Å². The Kier molecular flexibility index (Phi) is 4.23. The second-order valence-corrected chi connectivity index (χ2v) is 6.03. The number of aromatic nitrogens is 1. The van der Waals surface area contributed by atoms with Crippen molar-refractivity contribution < 1.29 is 14.4 Å². The van der Waals surface area contributed by atoms with E-state index in [9.17, 15) is 14.7 Å². The first kappa shape index (κ1) is 15.4. The summed E-state index contributed by atoms with van der Waals surface area (Å²) < 4.78 is 5.16. The molecule has 122 valence electrons. The number of carbonyl (C=O) groups excluding carboxylic acids is 1. The molecule has 1 unspecified atom stereocenters. The van der Waals surface area contributed by atoms with Crippen molar-refractivity contribution in [2.75, 3.05) is 13.1 Å². The number of piperidine rings is 1. The quantitative estimate of drug-likeness (QED) is 0.908. The van der Waals surface area contributed by atoms with Gasteiger partial charge in [0.05, 0.1) is 5.92 Å². The number of nitrogens with one attached hydrogen (secondary N) is 1. The number of aromatic hydroxyl groups is 1. The average molecular weight is 316 g/mol. The van der Waals surface area contributed by atoms with Gasteiger partial charge in [-0.3, -0.25) is 9.59 Å². The van der Waals surface area contributed by atoms with E-state index in [1.54, 1.807) is 18.2 Å². The van der Waals surface area contributed by atoms with Crippen LogP contribution in [0, 0.1) is 0 Å². The Morgan fingerprint density at radius 2 is 2.09 bits per heavy atom. The van der Waals surface area contributed by atoms with Crippen LogP contribution in [0.3, 0.4) is 0 Å². The first-order chi connectivity index (χ1) is 11.0. The third-order valence-corrected chi connectivity index (χ3v) is 4.49. The summed E-state index contributed by atoms with van der Waals surface area (Å²) in [5.74, 6) is 0.786. The fraction of sp³-hybridized carbons (Fsp3) is 0.412. The van der Waals surface area contributed by atoms with Gasteiger partial charge < -0.3 is 14.5 Å². The highest BCUT2D eigenvalue weighted by Crippen LogP contribution is 2.29. The summed E-state index contributed by atoms with van der Waals surface area (Å²) in [6, 6.07) is 8.30. The molecule has 0 saturated carbocycles. The third-order valence-electron chi connectivity index (χ3n) is 4.49. The van der Waals surface area contributed by atoms with Crippen molar-refractivity contribution in [2.24, 2.45) is 0 Å². The van der Waals surface area contributed by atoms with Gasteiger partial charge in [0.25, 0.3) is 5.56 Å². The van der Waals surface area contributed by atoms with Crippen molar-refractivity contribution in [3.05, 3.63) is 52.0 Å². The SMILES string of the molecule is CC(C(=O)N1CCC(c2cc(=O)[nH]o2)CC1)c1cccc(O)c1. The summed E-state index contributed by atoms with van der Waals surface area (Å²) in [4.78, 5) is 25.6. The Bertz CT molecular complexity index is 741. The second-order valence-electron chi connectivity index (χ2n) is 6.03. The van der Waals surface area contributed by atoms with Crippen LogP contribution in [-0.4, -0.2) is 34.2 Å². The lowest BCUT2D eigenvalue weighted by atomic mass is 9.92. The number of rotatable bonds is 3. The predicted octanol–water partition coefficient (Wildman–Crippen LogP) is 2.18. The fourth-order valence-corrected chi connectivity index (χ4v) is 3.09. The number of carbonyl (C=O) groups is 1. The van der Waals surface area contributed by atoms with E-state index < -0.39 is 0 Å². The van der Waals surface area contributed by atoms with Gasteiger partial charge in [0.15, 0.2) is 0 Å². The maximum absolute atomic E-state index is 12.6. The number of phenolic OH excluding ortho intramolecular Hbond substituents is 1. The zero-order valence-electron chi connectivity index (χ0n) is 13.0. The normalized spacial score (nSPS) is 17.2. The van der Waals surface area contributed by atoms with E-state index in [-0.39, 0.29) is 29.1 Å². The summed E-state index contributed by atoms with van der Waals surface area (Å²) in [6.45, 7) is 3.14. The lowest BCUT2D eigenvalue weighted by Gasteiger charge is -2.32. The molecule has 2 aromatic rings. The molecule has 1 aliphatic heterocycles. The molecular formula is C17H20N2O4. The molecule has 6 nitrogen and oxygen atoms in total. The Morgan fingerprint density at radius 3 is 2.70 bits per heavy atom. The van der Waals surface area contributed by atoms with E-state index >= 15 is 0 Å². The van der Waals surface area contributed by atoms with E-state index in [2.05, 4.69) is 5.16 Å². The number of likely N-dealkylation sites (tertiary alicyclic amines) is 1. The van der Waals surface area contributed by atoms with Gasteiger partial charge in [-0.05, 0) is 37.5 Å². The molecule has 0 radical (unpaired) electrons. The van der Waals surface area contributed by atoms with Crippen molar-refractivity contribution >= 4 is 5.91 Å². The van der Waals surface area contributed by atoms with Crippen LogP contribution in [0.15, 0.2) is 39.6 Å². The summed E-state index contributed by atoms with van der Waals surface area (Å²) in [5, 5.41) is 11.9. The maximum Gasteiger partial charge on any atom is 0.280 e. The van der Waals surface area contributed by atoms with Crippen molar-refractivity contribution in [3.8, 4) is 5.75 Å². The number of H-pyrrole nitrogens is 1. The molecule has 3 rings (SSSR count). The number of amides is 1. The Labute approximate surface area is 133 Å². The molecule has 2 heterocycles. The molecule has 1 aliphatic rings. The molecule has 0 spiro atoms. The fourth-order valence-electron chi connectivity index (χ4n) is 3.09. The molecule has 23 heavy (non-hydrogen) atoms. The van der Waals surface area contributed by atoms with E-state index in [4.69, 9.17) is 4.52 Å². The largest absolute Gasteiger partial charge is 0.508 e. The molecule has 1 aromatic heterocycles. The highest BCUT2D eigenvalue weighted by molar-refractivity contribution is 5.83. The van der Waals surface area contributed by atoms with Gasteiger partial charge >= 0.3 is 0 Å². The first-order valence-corrected chi connectivity index (χ1v) is 7.80. The Hall–Kier alpha value is -2.50. The zero-order valence-corrected chi connectivity index (χ0v) is 13.0. The summed E-state index contributed by atoms with van der Waals surface area (Å²) in [5.41, 5.74) is 0.588. The number of hydrogen-bond acceptors (Lipinski definition) is 4. The number of aromatic amines is 1. The monoisotopic (exact) mass is 316 g/mol. The molecule has 6 heteroatoms. The highest BCUT2D eigenvalue weighted by Gasteiger charge is 2.28.